The summed E-state index contributed by atoms with van der Waals surface area (Å²) in [5, 5.41) is 1.23. The molecule has 0 aliphatic heterocycles. The topological polar surface area (TPSA) is 38.9 Å². The van der Waals surface area contributed by atoms with Crippen LogP contribution in [-0.2, 0) is 18.4 Å². The monoisotopic (exact) mass is 226 g/mol. The Balaban J connectivity index is 3.01. The highest BCUT2D eigenvalue weighted by Crippen LogP contribution is 2.30. The third-order valence-electron chi connectivity index (χ3n) is 2.22. The molecule has 1 rings (SSSR count). The van der Waals surface area contributed by atoms with Gasteiger partial charge >= 0.3 is 0 Å². The lowest BCUT2D eigenvalue weighted by Gasteiger charge is -2.16. The Hall–Kier alpha value is -0.410. The first-order valence-corrected chi connectivity index (χ1v) is 6.35. The zero-order valence-corrected chi connectivity index (χ0v) is 11.2. The Bertz CT molecular complexity index is 321. The van der Waals surface area contributed by atoms with Gasteiger partial charge in [0.25, 0.3) is 0 Å². The first-order chi connectivity index (χ1) is 6.84. The van der Waals surface area contributed by atoms with Gasteiger partial charge in [0.2, 0.25) is 0 Å². The number of rotatable bonds is 3. The second-order valence-corrected chi connectivity index (χ2v) is 6.60. The molecule has 2 nitrogen and oxygen atoms in total. The molecule has 0 unspecified atom stereocenters. The smallest absolute Gasteiger partial charge is 0.0934 e. The second kappa shape index (κ2) is 4.62. The van der Waals surface area contributed by atoms with E-state index in [9.17, 15) is 0 Å². The Morgan fingerprint density at radius 2 is 1.93 bits per heavy atom. The highest BCUT2D eigenvalue weighted by atomic mass is 32.1. The van der Waals surface area contributed by atoms with Crippen molar-refractivity contribution in [3.8, 4) is 0 Å². The molecule has 1 aromatic rings. The summed E-state index contributed by atoms with van der Waals surface area (Å²) in [6.07, 6.45) is 1.06. The Morgan fingerprint density at radius 1 is 1.33 bits per heavy atom. The minimum absolute atomic E-state index is 0.112. The van der Waals surface area contributed by atoms with Crippen LogP contribution in [0.1, 0.15) is 50.2 Å². The molecule has 1 heterocycles. The maximum atomic E-state index is 5.76. The van der Waals surface area contributed by atoms with Crippen LogP contribution in [0.4, 0.5) is 0 Å². The van der Waals surface area contributed by atoms with Gasteiger partial charge in [-0.15, -0.1) is 11.3 Å². The lowest BCUT2D eigenvalue weighted by Crippen LogP contribution is -2.15. The Labute approximate surface area is 96.9 Å². The lowest BCUT2D eigenvalue weighted by atomic mass is 9.91. The lowest BCUT2D eigenvalue weighted by molar-refractivity contribution is 0.560. The molecular formula is C12H22N2S. The molecule has 15 heavy (non-hydrogen) atoms. The van der Waals surface area contributed by atoms with E-state index in [-0.39, 0.29) is 5.41 Å². The fourth-order valence-electron chi connectivity index (χ4n) is 1.56. The van der Waals surface area contributed by atoms with Crippen molar-refractivity contribution in [3.05, 3.63) is 15.6 Å². The van der Waals surface area contributed by atoms with Crippen LogP contribution >= 0.6 is 11.3 Å². The van der Waals surface area contributed by atoms with Crippen molar-refractivity contribution in [3.63, 3.8) is 0 Å². The summed E-state index contributed by atoms with van der Waals surface area (Å²) in [6, 6.07) is 0. The van der Waals surface area contributed by atoms with E-state index in [1.54, 1.807) is 11.3 Å². The molecule has 0 bridgehead atoms. The molecule has 0 spiro atoms. The zero-order valence-electron chi connectivity index (χ0n) is 10.4. The highest BCUT2D eigenvalue weighted by Gasteiger charge is 2.22. The first-order valence-electron chi connectivity index (χ1n) is 5.53. The predicted molar refractivity (Wildman–Crippen MR) is 67.2 cm³/mol. The van der Waals surface area contributed by atoms with Crippen molar-refractivity contribution in [1.82, 2.24) is 4.98 Å². The molecule has 0 saturated carbocycles. The van der Waals surface area contributed by atoms with Gasteiger partial charge in [0.1, 0.15) is 0 Å². The molecule has 0 aliphatic rings. The third kappa shape index (κ3) is 3.28. The van der Waals surface area contributed by atoms with Crippen molar-refractivity contribution >= 4 is 11.3 Å². The van der Waals surface area contributed by atoms with Crippen molar-refractivity contribution in [1.29, 1.82) is 0 Å². The number of aromatic nitrogens is 1. The van der Waals surface area contributed by atoms with Crippen molar-refractivity contribution in [2.24, 2.45) is 11.7 Å². The van der Waals surface area contributed by atoms with Crippen LogP contribution in [0.2, 0.25) is 0 Å². The fraction of sp³-hybridized carbons (Fsp3) is 0.750. The summed E-state index contributed by atoms with van der Waals surface area (Å²) >= 11 is 1.78. The minimum atomic E-state index is 0.112. The number of hydrogen-bond acceptors (Lipinski definition) is 3. The van der Waals surface area contributed by atoms with E-state index in [1.807, 2.05) is 0 Å². The van der Waals surface area contributed by atoms with Gasteiger partial charge in [-0.2, -0.15) is 0 Å². The minimum Gasteiger partial charge on any atom is -0.326 e. The van der Waals surface area contributed by atoms with E-state index in [0.717, 1.165) is 6.42 Å². The second-order valence-electron chi connectivity index (χ2n) is 5.43. The predicted octanol–water partition coefficient (Wildman–Crippen LogP) is 3.10. The van der Waals surface area contributed by atoms with Crippen LogP contribution < -0.4 is 5.73 Å². The molecule has 0 aliphatic carbocycles. The largest absolute Gasteiger partial charge is 0.326 e. The summed E-state index contributed by atoms with van der Waals surface area (Å²) in [4.78, 5) is 5.98. The molecule has 0 saturated heterocycles. The van der Waals surface area contributed by atoms with Crippen LogP contribution in [0.5, 0.6) is 0 Å². The van der Waals surface area contributed by atoms with E-state index in [1.165, 1.54) is 15.6 Å². The van der Waals surface area contributed by atoms with E-state index in [2.05, 4.69) is 34.6 Å². The van der Waals surface area contributed by atoms with Crippen LogP contribution in [0, 0.1) is 5.92 Å². The number of thiazole rings is 1. The molecule has 0 aromatic carbocycles. The van der Waals surface area contributed by atoms with E-state index >= 15 is 0 Å². The van der Waals surface area contributed by atoms with Gasteiger partial charge in [-0.1, -0.05) is 34.6 Å². The highest BCUT2D eigenvalue weighted by molar-refractivity contribution is 7.11. The third-order valence-corrected chi connectivity index (χ3v) is 3.32. The zero-order chi connectivity index (χ0) is 11.6. The van der Waals surface area contributed by atoms with Gasteiger partial charge in [0.15, 0.2) is 0 Å². The van der Waals surface area contributed by atoms with E-state index < -0.39 is 0 Å². The Morgan fingerprint density at radius 3 is 2.27 bits per heavy atom. The van der Waals surface area contributed by atoms with Crippen LogP contribution in [0.15, 0.2) is 0 Å². The SMILES string of the molecule is CC(C)Cc1nc(C(C)(C)C)c(CN)s1. The molecule has 1 aromatic heterocycles. The number of nitrogens with two attached hydrogens (primary N) is 1. The van der Waals surface area contributed by atoms with Gasteiger partial charge in [0, 0.05) is 23.3 Å². The molecule has 0 fully saturated rings. The fourth-order valence-corrected chi connectivity index (χ4v) is 2.93. The Kier molecular flexibility index (Phi) is 3.90. The van der Waals surface area contributed by atoms with E-state index in [0.29, 0.717) is 12.5 Å². The van der Waals surface area contributed by atoms with Crippen molar-refractivity contribution in [2.45, 2.75) is 53.0 Å². The summed E-state index contributed by atoms with van der Waals surface area (Å²) in [6.45, 7) is 11.6. The van der Waals surface area contributed by atoms with Crippen LogP contribution in [-0.4, -0.2) is 4.98 Å². The summed E-state index contributed by atoms with van der Waals surface area (Å²) in [7, 11) is 0. The quantitative estimate of drug-likeness (QED) is 0.860. The molecular weight excluding hydrogens is 204 g/mol. The van der Waals surface area contributed by atoms with Gasteiger partial charge in [-0.05, 0) is 5.92 Å². The molecule has 2 N–H and O–H groups in total. The molecule has 86 valence electrons. The summed E-state index contributed by atoms with van der Waals surface area (Å²) < 4.78 is 0. The number of nitrogens with zero attached hydrogens (tertiary/aromatic N) is 1. The van der Waals surface area contributed by atoms with Gasteiger partial charge < -0.3 is 5.73 Å². The summed E-state index contributed by atoms with van der Waals surface area (Å²) in [5.41, 5.74) is 7.06. The maximum absolute atomic E-state index is 5.76. The van der Waals surface area contributed by atoms with Crippen molar-refractivity contribution < 1.29 is 0 Å². The normalized spacial score (nSPS) is 12.5. The van der Waals surface area contributed by atoms with Crippen molar-refractivity contribution in [2.75, 3.05) is 0 Å². The van der Waals surface area contributed by atoms with Gasteiger partial charge in [0.05, 0.1) is 10.7 Å². The molecule has 0 amide bonds. The van der Waals surface area contributed by atoms with E-state index in [4.69, 9.17) is 10.7 Å². The summed E-state index contributed by atoms with van der Waals surface area (Å²) in [5.74, 6) is 0.662. The molecule has 0 atom stereocenters. The van der Waals surface area contributed by atoms with Gasteiger partial charge in [-0.25, -0.2) is 4.98 Å². The first kappa shape index (κ1) is 12.7. The maximum Gasteiger partial charge on any atom is 0.0934 e. The average molecular weight is 226 g/mol. The van der Waals surface area contributed by atoms with Gasteiger partial charge in [-0.3, -0.25) is 0 Å². The standard InChI is InChI=1S/C12H22N2S/c1-8(2)6-10-14-11(12(3,4)5)9(7-13)15-10/h8H,6-7,13H2,1-5H3. The van der Waals surface area contributed by atoms with Crippen LogP contribution in [0.3, 0.4) is 0 Å². The molecule has 0 radical (unpaired) electrons. The van der Waals surface area contributed by atoms with Crippen LogP contribution in [0.25, 0.3) is 0 Å². The number of hydrogen-bond donors (Lipinski definition) is 1. The molecule has 3 heteroatoms. The average Bonchev–Trinajstić information content (AvgIpc) is 2.45.